The van der Waals surface area contributed by atoms with Crippen LogP contribution < -0.4 is 10.6 Å². The zero-order valence-electron chi connectivity index (χ0n) is 15.2. The van der Waals surface area contributed by atoms with Gasteiger partial charge in [-0.2, -0.15) is 0 Å². The highest BCUT2D eigenvalue weighted by atomic mass is 35.5. The third kappa shape index (κ3) is 4.62. The van der Waals surface area contributed by atoms with Gasteiger partial charge in [0, 0.05) is 16.3 Å². The van der Waals surface area contributed by atoms with Crippen molar-refractivity contribution in [1.82, 2.24) is 15.5 Å². The molecule has 0 bridgehead atoms. The Labute approximate surface area is 172 Å². The van der Waals surface area contributed by atoms with Crippen molar-refractivity contribution < 1.29 is 9.21 Å². The Morgan fingerprint density at radius 3 is 2.21 bits per heavy atom. The van der Waals surface area contributed by atoms with E-state index in [2.05, 4.69) is 20.8 Å². The molecule has 0 spiro atoms. The average Bonchev–Trinajstić information content (AvgIpc) is 3.25. The van der Waals surface area contributed by atoms with Gasteiger partial charge in [-0.15, -0.1) is 10.2 Å². The van der Waals surface area contributed by atoms with Crippen molar-refractivity contribution >= 4 is 23.3 Å². The summed E-state index contributed by atoms with van der Waals surface area (Å²) in [6, 6.07) is 24.8. The molecule has 6 nitrogen and oxygen atoms in total. The number of hydrogen-bond acceptors (Lipinski definition) is 4. The summed E-state index contributed by atoms with van der Waals surface area (Å²) in [6.45, 7) is 0. The first-order valence-electron chi connectivity index (χ1n) is 8.96. The summed E-state index contributed by atoms with van der Waals surface area (Å²) in [4.78, 5) is 12.6. The van der Waals surface area contributed by atoms with Crippen LogP contribution in [0.2, 0.25) is 5.02 Å². The van der Waals surface area contributed by atoms with Gasteiger partial charge in [0.15, 0.2) is 0 Å². The molecule has 0 saturated heterocycles. The van der Waals surface area contributed by atoms with Crippen molar-refractivity contribution in [3.05, 3.63) is 101 Å². The summed E-state index contributed by atoms with van der Waals surface area (Å²) in [6.07, 6.45) is 0. The van der Waals surface area contributed by atoms with Gasteiger partial charge in [0.2, 0.25) is 11.8 Å². The number of carbonyl (C=O) groups excluding carboxylic acids is 1. The molecule has 1 aromatic heterocycles. The summed E-state index contributed by atoms with van der Waals surface area (Å²) in [7, 11) is 0. The maximum Gasteiger partial charge on any atom is 0.320 e. The molecule has 4 rings (SSSR count). The Kier molecular flexibility index (Phi) is 5.54. The standard InChI is InChI=1S/C22H17ClN4O2/c23-17-11-13-18(14-12-17)24-22(28)25-19(15-7-3-1-4-8-15)21-27-26-20(29-21)16-9-5-2-6-10-16/h1-14,19H,(H2,24,25,28). The van der Waals surface area contributed by atoms with Gasteiger partial charge in [0.25, 0.3) is 0 Å². The Morgan fingerprint density at radius 1 is 0.862 bits per heavy atom. The van der Waals surface area contributed by atoms with E-state index in [0.717, 1.165) is 11.1 Å². The number of urea groups is 1. The van der Waals surface area contributed by atoms with Crippen LogP contribution >= 0.6 is 11.6 Å². The highest BCUT2D eigenvalue weighted by molar-refractivity contribution is 6.30. The predicted molar refractivity (Wildman–Crippen MR) is 112 cm³/mol. The normalized spacial score (nSPS) is 11.6. The predicted octanol–water partition coefficient (Wildman–Crippen LogP) is 5.30. The molecule has 2 N–H and O–H groups in total. The zero-order valence-corrected chi connectivity index (χ0v) is 16.0. The van der Waals surface area contributed by atoms with Crippen molar-refractivity contribution in [3.8, 4) is 11.5 Å². The SMILES string of the molecule is O=C(Nc1ccc(Cl)cc1)NC(c1ccccc1)c1nnc(-c2ccccc2)o1. The highest BCUT2D eigenvalue weighted by Crippen LogP contribution is 2.25. The van der Waals surface area contributed by atoms with Crippen molar-refractivity contribution in [3.63, 3.8) is 0 Å². The molecule has 1 heterocycles. The van der Waals surface area contributed by atoms with Crippen molar-refractivity contribution in [2.24, 2.45) is 0 Å². The number of halogens is 1. The van der Waals surface area contributed by atoms with Crippen LogP contribution in [0.15, 0.2) is 89.3 Å². The van der Waals surface area contributed by atoms with E-state index in [1.165, 1.54) is 0 Å². The van der Waals surface area contributed by atoms with Crippen LogP contribution in [0.3, 0.4) is 0 Å². The van der Waals surface area contributed by atoms with E-state index in [1.54, 1.807) is 24.3 Å². The van der Waals surface area contributed by atoms with E-state index in [-0.39, 0.29) is 0 Å². The van der Waals surface area contributed by atoms with Gasteiger partial charge < -0.3 is 15.1 Å². The van der Waals surface area contributed by atoms with Crippen LogP contribution in [0.5, 0.6) is 0 Å². The lowest BCUT2D eigenvalue weighted by Gasteiger charge is -2.16. The van der Waals surface area contributed by atoms with Crippen LogP contribution in [0.4, 0.5) is 10.5 Å². The minimum absolute atomic E-state index is 0.293. The van der Waals surface area contributed by atoms with Gasteiger partial charge in [-0.1, -0.05) is 60.1 Å². The number of amides is 2. The molecule has 29 heavy (non-hydrogen) atoms. The Balaban J connectivity index is 1.58. The second kappa shape index (κ2) is 8.58. The highest BCUT2D eigenvalue weighted by Gasteiger charge is 2.23. The first kappa shape index (κ1) is 18.7. The third-order valence-corrected chi connectivity index (χ3v) is 4.47. The van der Waals surface area contributed by atoms with Crippen LogP contribution in [-0.4, -0.2) is 16.2 Å². The number of carbonyl (C=O) groups is 1. The molecule has 0 aliphatic carbocycles. The van der Waals surface area contributed by atoms with Crippen LogP contribution in [0, 0.1) is 0 Å². The Morgan fingerprint density at radius 2 is 1.52 bits per heavy atom. The number of aromatic nitrogens is 2. The summed E-state index contributed by atoms with van der Waals surface area (Å²) in [5.41, 5.74) is 2.25. The molecule has 1 atom stereocenters. The molecule has 4 aromatic rings. The van der Waals surface area contributed by atoms with Crippen LogP contribution in [0.1, 0.15) is 17.5 Å². The smallest absolute Gasteiger partial charge is 0.320 e. The van der Waals surface area contributed by atoms with Crippen LogP contribution in [-0.2, 0) is 0 Å². The Bertz CT molecular complexity index is 1080. The topological polar surface area (TPSA) is 80.0 Å². The molecule has 0 radical (unpaired) electrons. The van der Waals surface area contributed by atoms with Gasteiger partial charge >= 0.3 is 6.03 Å². The van der Waals surface area contributed by atoms with E-state index in [1.807, 2.05) is 60.7 Å². The second-order valence-electron chi connectivity index (χ2n) is 6.26. The number of rotatable bonds is 5. The zero-order chi connectivity index (χ0) is 20.1. The molecule has 2 amide bonds. The van der Waals surface area contributed by atoms with E-state index in [9.17, 15) is 4.79 Å². The quantitative estimate of drug-likeness (QED) is 0.473. The summed E-state index contributed by atoms with van der Waals surface area (Å²) in [5.74, 6) is 0.683. The fraction of sp³-hybridized carbons (Fsp3) is 0.0455. The van der Waals surface area contributed by atoms with Gasteiger partial charge in [0.05, 0.1) is 0 Å². The van der Waals surface area contributed by atoms with Crippen molar-refractivity contribution in [2.75, 3.05) is 5.32 Å². The van der Waals surface area contributed by atoms with Crippen molar-refractivity contribution in [1.29, 1.82) is 0 Å². The van der Waals surface area contributed by atoms with Gasteiger partial charge in [0.1, 0.15) is 6.04 Å². The number of nitrogens with zero attached hydrogens (tertiary/aromatic N) is 2. The summed E-state index contributed by atoms with van der Waals surface area (Å²) in [5, 5.41) is 14.6. The van der Waals surface area contributed by atoms with Crippen LogP contribution in [0.25, 0.3) is 11.5 Å². The molecular formula is C22H17ClN4O2. The third-order valence-electron chi connectivity index (χ3n) is 4.22. The number of anilines is 1. The van der Waals surface area contributed by atoms with Gasteiger partial charge in [-0.3, -0.25) is 0 Å². The monoisotopic (exact) mass is 404 g/mol. The Hall–Kier alpha value is -3.64. The molecule has 7 heteroatoms. The lowest BCUT2D eigenvalue weighted by molar-refractivity contribution is 0.248. The fourth-order valence-electron chi connectivity index (χ4n) is 2.81. The molecule has 0 saturated carbocycles. The average molecular weight is 405 g/mol. The molecule has 3 aromatic carbocycles. The molecule has 0 aliphatic heterocycles. The molecule has 1 unspecified atom stereocenters. The second-order valence-corrected chi connectivity index (χ2v) is 6.70. The summed E-state index contributed by atoms with van der Waals surface area (Å²) < 4.78 is 5.87. The van der Waals surface area contributed by atoms with E-state index >= 15 is 0 Å². The molecule has 0 aliphatic rings. The van der Waals surface area contributed by atoms with Gasteiger partial charge in [-0.25, -0.2) is 4.79 Å². The largest absolute Gasteiger partial charge is 0.418 e. The van der Waals surface area contributed by atoms with Gasteiger partial charge in [-0.05, 0) is 42.0 Å². The first-order valence-corrected chi connectivity index (χ1v) is 9.34. The minimum atomic E-state index is -0.603. The fourth-order valence-corrected chi connectivity index (χ4v) is 2.94. The first-order chi connectivity index (χ1) is 14.2. The molecular weight excluding hydrogens is 388 g/mol. The van der Waals surface area contributed by atoms with E-state index in [4.69, 9.17) is 16.0 Å². The minimum Gasteiger partial charge on any atom is -0.418 e. The number of benzene rings is 3. The summed E-state index contributed by atoms with van der Waals surface area (Å²) >= 11 is 5.89. The van der Waals surface area contributed by atoms with Crippen molar-refractivity contribution in [2.45, 2.75) is 6.04 Å². The maximum absolute atomic E-state index is 12.6. The van der Waals surface area contributed by atoms with E-state index < -0.39 is 12.1 Å². The maximum atomic E-state index is 12.6. The van der Waals surface area contributed by atoms with E-state index in [0.29, 0.717) is 22.5 Å². The number of hydrogen-bond donors (Lipinski definition) is 2. The lowest BCUT2D eigenvalue weighted by atomic mass is 10.1. The lowest BCUT2D eigenvalue weighted by Crippen LogP contribution is -2.33. The molecule has 0 fully saturated rings. The molecule has 144 valence electrons. The number of nitrogens with one attached hydrogen (secondary N) is 2.